The highest BCUT2D eigenvalue weighted by molar-refractivity contribution is 5.84. The van der Waals surface area contributed by atoms with E-state index in [1.54, 1.807) is 0 Å². The molecule has 8 nitrogen and oxygen atoms in total. The van der Waals surface area contributed by atoms with Gasteiger partial charge >= 0.3 is 12.1 Å². The van der Waals surface area contributed by atoms with Gasteiger partial charge < -0.3 is 29.8 Å². The van der Waals surface area contributed by atoms with Crippen molar-refractivity contribution in [3.8, 4) is 11.1 Å². The summed E-state index contributed by atoms with van der Waals surface area (Å²) in [6.45, 7) is -0.181. The van der Waals surface area contributed by atoms with E-state index in [9.17, 15) is 19.8 Å². The normalized spacial score (nSPS) is 14.4. The van der Waals surface area contributed by atoms with E-state index in [1.165, 1.54) is 12.1 Å². The van der Waals surface area contributed by atoms with Crippen LogP contribution < -0.4 is 5.32 Å². The molecular formula is C23H21NO7. The molecule has 0 saturated heterocycles. The Bertz CT molecular complexity index is 1060. The Kier molecular flexibility index (Phi) is 5.75. The fourth-order valence-corrected chi connectivity index (χ4v) is 3.77. The molecule has 1 amide bonds. The third-order valence-electron chi connectivity index (χ3n) is 5.29. The van der Waals surface area contributed by atoms with Gasteiger partial charge in [-0.05, 0) is 34.4 Å². The van der Waals surface area contributed by atoms with E-state index in [0.29, 0.717) is 0 Å². The topological polar surface area (TPSA) is 129 Å². The van der Waals surface area contributed by atoms with Crippen molar-refractivity contribution in [1.29, 1.82) is 0 Å². The summed E-state index contributed by atoms with van der Waals surface area (Å²) in [7, 11) is 0. The van der Waals surface area contributed by atoms with Crippen LogP contribution >= 0.6 is 0 Å². The number of carbonyl (C=O) groups is 2. The van der Waals surface area contributed by atoms with Crippen LogP contribution in [0.2, 0.25) is 0 Å². The highest BCUT2D eigenvalue weighted by atomic mass is 16.5. The molecule has 2 atom stereocenters. The third kappa shape index (κ3) is 4.16. The van der Waals surface area contributed by atoms with Crippen LogP contribution in [0.3, 0.4) is 0 Å². The zero-order chi connectivity index (χ0) is 22.0. The zero-order valence-corrected chi connectivity index (χ0v) is 16.4. The molecule has 0 radical (unpaired) electrons. The summed E-state index contributed by atoms with van der Waals surface area (Å²) in [6, 6.07) is 18.4. The van der Waals surface area contributed by atoms with Crippen molar-refractivity contribution in [2.45, 2.75) is 18.1 Å². The minimum atomic E-state index is -1.50. The van der Waals surface area contributed by atoms with Crippen LogP contribution in [0, 0.1) is 0 Å². The number of furan rings is 1. The molecule has 3 aromatic rings. The van der Waals surface area contributed by atoms with Crippen LogP contribution in [-0.4, -0.2) is 46.6 Å². The average molecular weight is 423 g/mol. The van der Waals surface area contributed by atoms with Crippen molar-refractivity contribution in [2.24, 2.45) is 0 Å². The number of carboxylic acid groups (broad SMARTS) is 1. The van der Waals surface area contributed by atoms with Crippen LogP contribution in [0.15, 0.2) is 65.1 Å². The van der Waals surface area contributed by atoms with Gasteiger partial charge in [-0.25, -0.2) is 9.59 Å². The number of benzene rings is 2. The maximum Gasteiger partial charge on any atom is 0.407 e. The summed E-state index contributed by atoms with van der Waals surface area (Å²) in [5.74, 6) is -1.85. The molecule has 4 N–H and O–H groups in total. The van der Waals surface area contributed by atoms with E-state index in [4.69, 9.17) is 14.3 Å². The Labute approximate surface area is 177 Å². The Morgan fingerprint density at radius 2 is 1.58 bits per heavy atom. The fraction of sp³-hybridized carbons (Fsp3) is 0.217. The molecular weight excluding hydrogens is 402 g/mol. The quantitative estimate of drug-likeness (QED) is 0.460. The molecule has 1 heterocycles. The molecule has 0 spiro atoms. The molecule has 1 aliphatic rings. The molecule has 0 fully saturated rings. The summed E-state index contributed by atoms with van der Waals surface area (Å²) in [6.07, 6.45) is -3.64. The number of amides is 1. The summed E-state index contributed by atoms with van der Waals surface area (Å²) in [4.78, 5) is 23.0. The average Bonchev–Trinajstić information content (AvgIpc) is 3.39. The maximum atomic E-state index is 12.2. The number of hydrogen-bond donors (Lipinski definition) is 4. The molecule has 31 heavy (non-hydrogen) atoms. The Hall–Kier alpha value is -3.62. The number of aliphatic hydroxyl groups excluding tert-OH is 2. The smallest absolute Gasteiger partial charge is 0.407 e. The van der Waals surface area contributed by atoms with Crippen LogP contribution in [-0.2, 0) is 4.74 Å². The molecule has 2 unspecified atom stereocenters. The van der Waals surface area contributed by atoms with Gasteiger partial charge in [0.05, 0.1) is 0 Å². The van der Waals surface area contributed by atoms with Gasteiger partial charge in [0.1, 0.15) is 24.6 Å². The summed E-state index contributed by atoms with van der Waals surface area (Å²) < 4.78 is 10.3. The molecule has 0 saturated carbocycles. The molecule has 4 rings (SSSR count). The van der Waals surface area contributed by atoms with Crippen LogP contribution in [0.5, 0.6) is 0 Å². The second kappa shape index (κ2) is 8.63. The Morgan fingerprint density at radius 1 is 0.968 bits per heavy atom. The highest BCUT2D eigenvalue weighted by Gasteiger charge is 2.29. The van der Waals surface area contributed by atoms with E-state index in [0.717, 1.165) is 22.3 Å². The van der Waals surface area contributed by atoms with Crippen LogP contribution in [0.4, 0.5) is 4.79 Å². The van der Waals surface area contributed by atoms with E-state index in [-0.39, 0.29) is 30.6 Å². The number of carboxylic acids is 1. The van der Waals surface area contributed by atoms with Crippen LogP contribution in [0.25, 0.3) is 11.1 Å². The number of alkyl carbamates (subject to hydrolysis) is 1. The highest BCUT2D eigenvalue weighted by Crippen LogP contribution is 2.44. The van der Waals surface area contributed by atoms with Gasteiger partial charge in [0, 0.05) is 12.5 Å². The van der Waals surface area contributed by atoms with Gasteiger partial charge in [-0.15, -0.1) is 0 Å². The minimum Gasteiger partial charge on any atom is -0.475 e. The van der Waals surface area contributed by atoms with Gasteiger partial charge in [-0.3, -0.25) is 0 Å². The van der Waals surface area contributed by atoms with Crippen molar-refractivity contribution < 1.29 is 34.1 Å². The maximum absolute atomic E-state index is 12.2. The first-order valence-electron chi connectivity index (χ1n) is 9.73. The van der Waals surface area contributed by atoms with E-state index in [2.05, 4.69) is 5.32 Å². The number of aromatic carboxylic acids is 1. The number of fused-ring (bicyclic) bond motifs is 3. The zero-order valence-electron chi connectivity index (χ0n) is 16.4. The summed E-state index contributed by atoms with van der Waals surface area (Å²) in [5, 5.41) is 31.4. The number of hydrogen-bond acceptors (Lipinski definition) is 6. The second-order valence-corrected chi connectivity index (χ2v) is 7.23. The first-order chi connectivity index (χ1) is 15.0. The predicted molar refractivity (Wildman–Crippen MR) is 110 cm³/mol. The van der Waals surface area contributed by atoms with Gasteiger partial charge in [0.15, 0.2) is 0 Å². The second-order valence-electron chi connectivity index (χ2n) is 7.23. The third-order valence-corrected chi connectivity index (χ3v) is 5.29. The standard InChI is InChI=1S/C23H21NO7/c25-18(21(26)19-9-10-20(31-19)22(27)28)11-24-23(29)30-12-17-15-7-3-1-5-13(15)14-6-2-4-8-16(14)17/h1-10,17-18,21,25-26H,11-12H2,(H,24,29)(H,27,28). The first kappa shape index (κ1) is 20.6. The van der Waals surface area contributed by atoms with Crippen molar-refractivity contribution in [3.05, 3.63) is 83.3 Å². The first-order valence-corrected chi connectivity index (χ1v) is 9.73. The Balaban J connectivity index is 1.33. The van der Waals surface area contributed by atoms with Crippen molar-refractivity contribution >= 4 is 12.1 Å². The lowest BCUT2D eigenvalue weighted by atomic mass is 9.98. The number of ether oxygens (including phenoxy) is 1. The molecule has 1 aromatic heterocycles. The molecule has 0 aliphatic heterocycles. The van der Waals surface area contributed by atoms with E-state index >= 15 is 0 Å². The Morgan fingerprint density at radius 3 is 2.16 bits per heavy atom. The number of rotatable bonds is 7. The lowest BCUT2D eigenvalue weighted by Gasteiger charge is -2.18. The molecule has 0 bridgehead atoms. The monoisotopic (exact) mass is 423 g/mol. The summed E-state index contributed by atoms with van der Waals surface area (Å²) >= 11 is 0. The lowest BCUT2D eigenvalue weighted by molar-refractivity contribution is 0.00514. The fourth-order valence-electron chi connectivity index (χ4n) is 3.77. The van der Waals surface area contributed by atoms with Crippen LogP contribution in [0.1, 0.15) is 39.5 Å². The predicted octanol–water partition coefficient (Wildman–Crippen LogP) is 2.91. The van der Waals surface area contributed by atoms with E-state index < -0.39 is 24.3 Å². The summed E-state index contributed by atoms with van der Waals surface area (Å²) in [5.41, 5.74) is 4.40. The van der Waals surface area contributed by atoms with Crippen molar-refractivity contribution in [2.75, 3.05) is 13.2 Å². The molecule has 2 aromatic carbocycles. The van der Waals surface area contributed by atoms with Gasteiger partial charge in [-0.2, -0.15) is 0 Å². The molecule has 8 heteroatoms. The van der Waals surface area contributed by atoms with Crippen molar-refractivity contribution in [3.63, 3.8) is 0 Å². The number of aliphatic hydroxyl groups is 2. The molecule has 160 valence electrons. The van der Waals surface area contributed by atoms with Crippen molar-refractivity contribution in [1.82, 2.24) is 5.32 Å². The van der Waals surface area contributed by atoms with E-state index in [1.807, 2.05) is 48.5 Å². The SMILES string of the molecule is O=C(NCC(O)C(O)c1ccc(C(=O)O)o1)OCC1c2ccccc2-c2ccccc21. The van der Waals surface area contributed by atoms with Gasteiger partial charge in [-0.1, -0.05) is 48.5 Å². The number of carbonyl (C=O) groups excluding carboxylic acids is 1. The lowest BCUT2D eigenvalue weighted by Crippen LogP contribution is -2.36. The minimum absolute atomic E-state index is 0.0915. The molecule has 1 aliphatic carbocycles. The van der Waals surface area contributed by atoms with Gasteiger partial charge in [0.2, 0.25) is 5.76 Å². The van der Waals surface area contributed by atoms with Gasteiger partial charge in [0.25, 0.3) is 0 Å². The largest absolute Gasteiger partial charge is 0.475 e. The number of nitrogens with one attached hydrogen (secondary N) is 1.